The second kappa shape index (κ2) is 7.44. The zero-order valence-corrected chi connectivity index (χ0v) is 12.2. The van der Waals surface area contributed by atoms with Gasteiger partial charge in [0.15, 0.2) is 0 Å². The van der Waals surface area contributed by atoms with E-state index in [1.807, 2.05) is 6.92 Å². The number of hydrogen-bond donors (Lipinski definition) is 2. The average Bonchev–Trinajstić information content (AvgIpc) is 2.34. The van der Waals surface area contributed by atoms with Gasteiger partial charge in [-0.2, -0.15) is 10.2 Å². The van der Waals surface area contributed by atoms with Crippen LogP contribution >= 0.6 is 0 Å². The molecule has 0 saturated carbocycles. The largest absolute Gasteiger partial charge is 0.313 e. The number of hydrogen-bond acceptors (Lipinski definition) is 4. The second-order valence-corrected chi connectivity index (χ2v) is 5.16. The number of aryl methyl sites for hydroxylation is 2. The lowest BCUT2D eigenvalue weighted by Gasteiger charge is -2.17. The van der Waals surface area contributed by atoms with Crippen molar-refractivity contribution in [3.63, 3.8) is 0 Å². The maximum Gasteiger partial charge on any atom is 0.0673 e. The van der Waals surface area contributed by atoms with E-state index in [0.29, 0.717) is 12.1 Å². The highest BCUT2D eigenvalue weighted by molar-refractivity contribution is 5.20. The van der Waals surface area contributed by atoms with Gasteiger partial charge in [-0.05, 0) is 31.9 Å². The van der Waals surface area contributed by atoms with Crippen molar-refractivity contribution in [2.75, 3.05) is 6.54 Å². The van der Waals surface area contributed by atoms with Gasteiger partial charge in [0.05, 0.1) is 11.4 Å². The molecule has 0 spiro atoms. The van der Waals surface area contributed by atoms with Gasteiger partial charge >= 0.3 is 0 Å². The summed E-state index contributed by atoms with van der Waals surface area (Å²) in [5.74, 6) is 0. The van der Waals surface area contributed by atoms with Crippen LogP contribution < -0.4 is 10.6 Å². The van der Waals surface area contributed by atoms with Gasteiger partial charge in [-0.3, -0.25) is 0 Å². The highest BCUT2D eigenvalue weighted by Gasteiger charge is 2.06. The topological polar surface area (TPSA) is 49.8 Å². The first-order valence-electron chi connectivity index (χ1n) is 6.81. The fourth-order valence-electron chi connectivity index (χ4n) is 1.79. The fraction of sp³-hybridized carbons (Fsp3) is 0.714. The lowest BCUT2D eigenvalue weighted by Crippen LogP contribution is -2.38. The highest BCUT2D eigenvalue weighted by Crippen LogP contribution is 2.07. The molecule has 1 aromatic rings. The summed E-state index contributed by atoms with van der Waals surface area (Å²) < 4.78 is 0. The van der Waals surface area contributed by atoms with Gasteiger partial charge in [-0.1, -0.05) is 20.8 Å². The Labute approximate surface area is 111 Å². The molecule has 4 heteroatoms. The van der Waals surface area contributed by atoms with Crippen LogP contribution in [0.5, 0.6) is 0 Å². The Balaban J connectivity index is 2.49. The van der Waals surface area contributed by atoms with E-state index in [-0.39, 0.29) is 0 Å². The van der Waals surface area contributed by atoms with Gasteiger partial charge < -0.3 is 10.6 Å². The summed E-state index contributed by atoms with van der Waals surface area (Å²) in [6.45, 7) is 12.5. The Kier molecular flexibility index (Phi) is 6.22. The minimum atomic E-state index is 0.450. The summed E-state index contributed by atoms with van der Waals surface area (Å²) in [7, 11) is 0. The van der Waals surface area contributed by atoms with Crippen LogP contribution in [0.1, 0.15) is 44.6 Å². The third-order valence-corrected chi connectivity index (χ3v) is 2.89. The van der Waals surface area contributed by atoms with Gasteiger partial charge in [0.25, 0.3) is 0 Å². The Morgan fingerprint density at radius 2 is 1.89 bits per heavy atom. The molecular weight excluding hydrogens is 224 g/mol. The van der Waals surface area contributed by atoms with Crippen LogP contribution in [-0.4, -0.2) is 28.8 Å². The Morgan fingerprint density at radius 3 is 2.50 bits per heavy atom. The molecule has 2 N–H and O–H groups in total. The molecule has 0 bridgehead atoms. The van der Waals surface area contributed by atoms with E-state index in [2.05, 4.69) is 54.6 Å². The van der Waals surface area contributed by atoms with E-state index in [0.717, 1.165) is 30.9 Å². The average molecular weight is 250 g/mol. The summed E-state index contributed by atoms with van der Waals surface area (Å²) >= 11 is 0. The molecular formula is C14H26N4. The van der Waals surface area contributed by atoms with Crippen LogP contribution in [0.25, 0.3) is 0 Å². The molecule has 102 valence electrons. The zero-order chi connectivity index (χ0) is 13.5. The minimum absolute atomic E-state index is 0.450. The number of aromatic nitrogens is 2. The summed E-state index contributed by atoms with van der Waals surface area (Å²) in [5, 5.41) is 15.3. The third-order valence-electron chi connectivity index (χ3n) is 2.89. The fourth-order valence-corrected chi connectivity index (χ4v) is 1.79. The van der Waals surface area contributed by atoms with E-state index in [1.165, 1.54) is 5.56 Å². The highest BCUT2D eigenvalue weighted by atomic mass is 15.1. The van der Waals surface area contributed by atoms with Crippen LogP contribution in [0, 0.1) is 6.92 Å². The first kappa shape index (κ1) is 15.1. The summed E-state index contributed by atoms with van der Waals surface area (Å²) in [5.41, 5.74) is 3.34. The zero-order valence-electron chi connectivity index (χ0n) is 12.2. The Bertz CT molecular complexity index is 363. The predicted octanol–water partition coefficient (Wildman–Crippen LogP) is 1.82. The molecule has 0 aromatic carbocycles. The van der Waals surface area contributed by atoms with E-state index < -0.39 is 0 Å². The first-order valence-corrected chi connectivity index (χ1v) is 6.81. The van der Waals surface area contributed by atoms with Crippen LogP contribution in [-0.2, 0) is 13.0 Å². The third kappa shape index (κ3) is 5.10. The molecule has 0 radical (unpaired) electrons. The van der Waals surface area contributed by atoms with Crippen molar-refractivity contribution in [1.29, 1.82) is 0 Å². The maximum absolute atomic E-state index is 4.24. The van der Waals surface area contributed by atoms with E-state index >= 15 is 0 Å². The van der Waals surface area contributed by atoms with Gasteiger partial charge in [-0.15, -0.1) is 0 Å². The maximum atomic E-state index is 4.24. The van der Waals surface area contributed by atoms with Crippen LogP contribution in [0.4, 0.5) is 0 Å². The summed E-state index contributed by atoms with van der Waals surface area (Å²) in [6.07, 6.45) is 0.933. The van der Waals surface area contributed by atoms with Crippen molar-refractivity contribution in [1.82, 2.24) is 20.8 Å². The molecule has 1 heterocycles. The van der Waals surface area contributed by atoms with Gasteiger partial charge in [0.2, 0.25) is 0 Å². The van der Waals surface area contributed by atoms with Gasteiger partial charge in [0.1, 0.15) is 0 Å². The van der Waals surface area contributed by atoms with Gasteiger partial charge in [0, 0.05) is 25.2 Å². The first-order chi connectivity index (χ1) is 8.52. The molecule has 0 aliphatic heterocycles. The standard InChI is InChI=1S/C14H26N4/c1-6-14-13(7-11(4)17-18-14)9-16-12(5)8-15-10(2)3/h7,10,12,15-16H,6,8-9H2,1-5H3. The van der Waals surface area contributed by atoms with E-state index in [9.17, 15) is 0 Å². The quantitative estimate of drug-likeness (QED) is 0.775. The lowest BCUT2D eigenvalue weighted by molar-refractivity contribution is 0.472. The van der Waals surface area contributed by atoms with Crippen molar-refractivity contribution in [3.8, 4) is 0 Å². The smallest absolute Gasteiger partial charge is 0.0673 e. The number of nitrogens with one attached hydrogen (secondary N) is 2. The van der Waals surface area contributed by atoms with E-state index in [4.69, 9.17) is 0 Å². The summed E-state index contributed by atoms with van der Waals surface area (Å²) in [4.78, 5) is 0. The van der Waals surface area contributed by atoms with Crippen LogP contribution in [0.2, 0.25) is 0 Å². The number of rotatable bonds is 7. The lowest BCUT2D eigenvalue weighted by atomic mass is 10.1. The molecule has 0 fully saturated rings. The predicted molar refractivity (Wildman–Crippen MR) is 75.6 cm³/mol. The van der Waals surface area contributed by atoms with Crippen molar-refractivity contribution in [3.05, 3.63) is 23.0 Å². The van der Waals surface area contributed by atoms with Crippen molar-refractivity contribution < 1.29 is 0 Å². The van der Waals surface area contributed by atoms with Gasteiger partial charge in [-0.25, -0.2) is 0 Å². The molecule has 1 rings (SSSR count). The molecule has 0 amide bonds. The van der Waals surface area contributed by atoms with E-state index in [1.54, 1.807) is 0 Å². The summed E-state index contributed by atoms with van der Waals surface area (Å²) in [6, 6.07) is 3.11. The van der Waals surface area contributed by atoms with Crippen molar-refractivity contribution >= 4 is 0 Å². The number of nitrogens with zero attached hydrogens (tertiary/aromatic N) is 2. The molecule has 1 atom stereocenters. The van der Waals surface area contributed by atoms with Crippen LogP contribution in [0.3, 0.4) is 0 Å². The molecule has 0 saturated heterocycles. The molecule has 4 nitrogen and oxygen atoms in total. The van der Waals surface area contributed by atoms with Crippen molar-refractivity contribution in [2.45, 2.75) is 59.7 Å². The molecule has 0 aliphatic rings. The van der Waals surface area contributed by atoms with Crippen LogP contribution in [0.15, 0.2) is 6.07 Å². The normalized spacial score (nSPS) is 13.0. The second-order valence-electron chi connectivity index (χ2n) is 5.16. The molecule has 1 aromatic heterocycles. The Morgan fingerprint density at radius 1 is 1.17 bits per heavy atom. The Hall–Kier alpha value is -1.00. The minimum Gasteiger partial charge on any atom is -0.313 e. The SMILES string of the molecule is CCc1nnc(C)cc1CNC(C)CNC(C)C. The molecule has 1 unspecified atom stereocenters. The molecule has 18 heavy (non-hydrogen) atoms. The monoisotopic (exact) mass is 250 g/mol. The van der Waals surface area contributed by atoms with Crippen molar-refractivity contribution in [2.24, 2.45) is 0 Å². The molecule has 0 aliphatic carbocycles.